The summed E-state index contributed by atoms with van der Waals surface area (Å²) in [5.74, 6) is 0.170. The number of ether oxygens (including phenoxy) is 1. The highest BCUT2D eigenvalue weighted by Gasteiger charge is 2.64. The lowest BCUT2D eigenvalue weighted by molar-refractivity contribution is -0.171. The van der Waals surface area contributed by atoms with Crippen molar-refractivity contribution >= 4 is 5.97 Å². The molecular formula is C13H16O4. The monoisotopic (exact) mass is 236 g/mol. The molecule has 4 heteroatoms. The summed E-state index contributed by atoms with van der Waals surface area (Å²) >= 11 is 0. The number of aliphatic hydroxyl groups is 2. The Kier molecular flexibility index (Phi) is 1.94. The second-order valence-corrected chi connectivity index (χ2v) is 5.72. The van der Waals surface area contributed by atoms with E-state index in [2.05, 4.69) is 6.58 Å². The standard InChI is InChI=1S/C13H16O4/c1-7(2)11(14)17-9-5-12(15)3-8-4-13(16,6-12)10(8)9/h8,15-16H,1,3-6H2,2H3. The van der Waals surface area contributed by atoms with Crippen molar-refractivity contribution in [3.05, 3.63) is 23.5 Å². The molecule has 5 aliphatic carbocycles. The van der Waals surface area contributed by atoms with E-state index in [-0.39, 0.29) is 5.92 Å². The number of carbonyl (C=O) groups is 1. The minimum Gasteiger partial charge on any atom is -0.428 e. The van der Waals surface area contributed by atoms with Crippen molar-refractivity contribution in [2.45, 2.75) is 43.8 Å². The lowest BCUT2D eigenvalue weighted by atomic mass is 9.48. The van der Waals surface area contributed by atoms with Gasteiger partial charge in [-0.15, -0.1) is 0 Å². The maximum atomic E-state index is 11.5. The SMILES string of the molecule is C=C(C)C(=O)OC1=C2C3CC(O)(C1)CC2(O)C3. The van der Waals surface area contributed by atoms with Crippen LogP contribution in [0.4, 0.5) is 0 Å². The van der Waals surface area contributed by atoms with Gasteiger partial charge in [-0.1, -0.05) is 6.58 Å². The lowest BCUT2D eigenvalue weighted by Gasteiger charge is -2.61. The topological polar surface area (TPSA) is 66.8 Å². The van der Waals surface area contributed by atoms with E-state index in [1.165, 1.54) is 0 Å². The molecule has 0 aromatic rings. The van der Waals surface area contributed by atoms with E-state index in [1.807, 2.05) is 0 Å². The summed E-state index contributed by atoms with van der Waals surface area (Å²) in [6.07, 6.45) is 2.07. The highest BCUT2D eigenvalue weighted by Crippen LogP contribution is 2.63. The van der Waals surface area contributed by atoms with E-state index in [0.29, 0.717) is 37.0 Å². The van der Waals surface area contributed by atoms with Crippen LogP contribution in [0.1, 0.15) is 32.6 Å². The fourth-order valence-corrected chi connectivity index (χ4v) is 3.59. The molecule has 3 fully saturated rings. The molecule has 4 nitrogen and oxygen atoms in total. The third kappa shape index (κ3) is 1.40. The number of hydrogen-bond acceptors (Lipinski definition) is 4. The maximum absolute atomic E-state index is 11.5. The first-order chi connectivity index (χ1) is 7.83. The molecular weight excluding hydrogens is 220 g/mol. The predicted octanol–water partition coefficient (Wildman–Crippen LogP) is 1.04. The molecule has 3 atom stereocenters. The van der Waals surface area contributed by atoms with E-state index in [9.17, 15) is 15.0 Å². The van der Waals surface area contributed by atoms with Gasteiger partial charge in [0.25, 0.3) is 0 Å². The zero-order valence-electron chi connectivity index (χ0n) is 9.82. The van der Waals surface area contributed by atoms with Gasteiger partial charge < -0.3 is 14.9 Å². The fourth-order valence-electron chi connectivity index (χ4n) is 3.59. The molecule has 17 heavy (non-hydrogen) atoms. The van der Waals surface area contributed by atoms with E-state index in [4.69, 9.17) is 4.74 Å². The van der Waals surface area contributed by atoms with Crippen LogP contribution < -0.4 is 0 Å². The van der Waals surface area contributed by atoms with Gasteiger partial charge in [0.1, 0.15) is 5.76 Å². The zero-order valence-corrected chi connectivity index (χ0v) is 9.82. The Morgan fingerprint density at radius 3 is 2.71 bits per heavy atom. The third-order valence-electron chi connectivity index (χ3n) is 4.10. The van der Waals surface area contributed by atoms with E-state index in [1.54, 1.807) is 6.92 Å². The van der Waals surface area contributed by atoms with Gasteiger partial charge in [0.15, 0.2) is 0 Å². The maximum Gasteiger partial charge on any atom is 0.338 e. The Hall–Kier alpha value is -1.13. The van der Waals surface area contributed by atoms with Crippen LogP contribution in [0.3, 0.4) is 0 Å². The molecule has 0 radical (unpaired) electrons. The fraction of sp³-hybridized carbons (Fsp3) is 0.615. The average Bonchev–Trinajstić information content (AvgIpc) is 2.12. The van der Waals surface area contributed by atoms with Gasteiger partial charge >= 0.3 is 5.97 Å². The summed E-state index contributed by atoms with van der Waals surface area (Å²) in [6, 6.07) is 0. The summed E-state index contributed by atoms with van der Waals surface area (Å²) in [6.45, 7) is 5.11. The molecule has 3 saturated carbocycles. The normalized spacial score (nSPS) is 42.2. The largest absolute Gasteiger partial charge is 0.428 e. The van der Waals surface area contributed by atoms with Crippen LogP contribution in [-0.2, 0) is 9.53 Å². The summed E-state index contributed by atoms with van der Waals surface area (Å²) < 4.78 is 5.24. The smallest absolute Gasteiger partial charge is 0.338 e. The summed E-state index contributed by atoms with van der Waals surface area (Å²) in [5, 5.41) is 20.6. The van der Waals surface area contributed by atoms with Crippen LogP contribution in [0, 0.1) is 5.92 Å². The molecule has 0 saturated heterocycles. The van der Waals surface area contributed by atoms with Gasteiger partial charge in [0, 0.05) is 24.0 Å². The average molecular weight is 236 g/mol. The Morgan fingerprint density at radius 2 is 2.18 bits per heavy atom. The highest BCUT2D eigenvalue weighted by molar-refractivity contribution is 5.87. The van der Waals surface area contributed by atoms with E-state index < -0.39 is 17.2 Å². The predicted molar refractivity (Wildman–Crippen MR) is 59.8 cm³/mol. The van der Waals surface area contributed by atoms with Gasteiger partial charge in [0.2, 0.25) is 0 Å². The number of rotatable bonds is 2. The number of carbonyl (C=O) groups excluding carboxylic acids is 1. The van der Waals surface area contributed by atoms with Crippen molar-refractivity contribution in [1.29, 1.82) is 0 Å². The third-order valence-corrected chi connectivity index (χ3v) is 4.10. The molecule has 3 unspecified atom stereocenters. The lowest BCUT2D eigenvalue weighted by Crippen LogP contribution is -2.63. The van der Waals surface area contributed by atoms with Crippen molar-refractivity contribution in [3.63, 3.8) is 0 Å². The van der Waals surface area contributed by atoms with Crippen LogP contribution >= 0.6 is 0 Å². The Balaban J connectivity index is 1.93. The van der Waals surface area contributed by atoms with Crippen molar-refractivity contribution in [2.75, 3.05) is 0 Å². The Labute approximate surface area is 99.6 Å². The van der Waals surface area contributed by atoms with Gasteiger partial charge in [-0.25, -0.2) is 4.79 Å². The van der Waals surface area contributed by atoms with Crippen LogP contribution in [0.15, 0.2) is 23.5 Å². The first-order valence-corrected chi connectivity index (χ1v) is 5.89. The van der Waals surface area contributed by atoms with Gasteiger partial charge in [-0.2, -0.15) is 0 Å². The summed E-state index contributed by atoms with van der Waals surface area (Å²) in [4.78, 5) is 11.5. The zero-order chi connectivity index (χ0) is 12.4. The summed E-state index contributed by atoms with van der Waals surface area (Å²) in [7, 11) is 0. The highest BCUT2D eigenvalue weighted by atomic mass is 16.5. The number of hydrogen-bond donors (Lipinski definition) is 2. The van der Waals surface area contributed by atoms with Crippen molar-refractivity contribution in [1.82, 2.24) is 0 Å². The molecule has 0 spiro atoms. The first-order valence-electron chi connectivity index (χ1n) is 5.89. The molecule has 5 rings (SSSR count). The first kappa shape index (κ1) is 11.0. The molecule has 2 N–H and O–H groups in total. The summed E-state index contributed by atoms with van der Waals surface area (Å²) in [5.41, 5.74) is -0.666. The molecule has 0 aromatic carbocycles. The van der Waals surface area contributed by atoms with Crippen molar-refractivity contribution in [2.24, 2.45) is 5.92 Å². The molecule has 92 valence electrons. The number of esters is 1. The molecule has 0 heterocycles. The van der Waals surface area contributed by atoms with Crippen LogP contribution in [0.25, 0.3) is 0 Å². The molecule has 0 amide bonds. The minimum absolute atomic E-state index is 0.181. The van der Waals surface area contributed by atoms with E-state index in [0.717, 1.165) is 5.57 Å². The van der Waals surface area contributed by atoms with Gasteiger partial charge in [-0.05, 0) is 25.7 Å². The molecule has 5 aliphatic rings. The van der Waals surface area contributed by atoms with Gasteiger partial charge in [-0.3, -0.25) is 0 Å². The van der Waals surface area contributed by atoms with Crippen LogP contribution in [-0.4, -0.2) is 27.4 Å². The Morgan fingerprint density at radius 1 is 1.47 bits per heavy atom. The quantitative estimate of drug-likeness (QED) is 0.555. The molecule has 4 bridgehead atoms. The second kappa shape index (κ2) is 3.00. The molecule has 0 aliphatic heterocycles. The van der Waals surface area contributed by atoms with Crippen LogP contribution in [0.5, 0.6) is 0 Å². The minimum atomic E-state index is -0.930. The van der Waals surface area contributed by atoms with Crippen molar-refractivity contribution in [3.8, 4) is 0 Å². The number of fused-ring (bicyclic) bond motifs is 1. The van der Waals surface area contributed by atoms with Crippen LogP contribution in [0.2, 0.25) is 0 Å². The van der Waals surface area contributed by atoms with Gasteiger partial charge in [0.05, 0.1) is 11.2 Å². The Bertz CT molecular complexity index is 464. The van der Waals surface area contributed by atoms with Crippen molar-refractivity contribution < 1.29 is 19.7 Å². The molecule has 0 aromatic heterocycles. The second-order valence-electron chi connectivity index (χ2n) is 5.72. The van der Waals surface area contributed by atoms with E-state index >= 15 is 0 Å².